The Morgan fingerprint density at radius 3 is 2.10 bits per heavy atom. The molecule has 0 fully saturated rings. The Bertz CT molecular complexity index is 653. The minimum Gasteiger partial charge on any atom is -0.497 e. The van der Waals surface area contributed by atoms with Crippen LogP contribution in [-0.2, 0) is 4.57 Å². The lowest BCUT2D eigenvalue weighted by Crippen LogP contribution is -2.10. The smallest absolute Gasteiger partial charge is 0.485 e. The Morgan fingerprint density at radius 2 is 1.52 bits per heavy atom. The first kappa shape index (κ1) is 15.1. The Kier molecular flexibility index (Phi) is 4.62. The second-order valence-corrected chi connectivity index (χ2v) is 5.56. The summed E-state index contributed by atoms with van der Waals surface area (Å²) in [6, 6.07) is 13.9. The van der Waals surface area contributed by atoms with Crippen molar-refractivity contribution >= 4 is 13.3 Å². The zero-order valence-electron chi connectivity index (χ0n) is 11.1. The van der Waals surface area contributed by atoms with Crippen molar-refractivity contribution in [2.75, 3.05) is 7.11 Å². The number of hydrogen-bond acceptors (Lipinski definition) is 5. The highest BCUT2D eigenvalue weighted by atomic mass is 31.2. The van der Waals surface area contributed by atoms with Crippen LogP contribution >= 0.6 is 7.60 Å². The van der Waals surface area contributed by atoms with Crippen LogP contribution < -0.4 is 14.0 Å². The molecule has 0 bridgehead atoms. The Morgan fingerprint density at radius 1 is 0.952 bits per heavy atom. The van der Waals surface area contributed by atoms with Gasteiger partial charge in [-0.15, -0.1) is 0 Å². The molecule has 0 radical (unpaired) electrons. The first-order chi connectivity index (χ1) is 10.0. The maximum atomic E-state index is 11.9. The van der Waals surface area contributed by atoms with E-state index in [0.29, 0.717) is 5.75 Å². The first-order valence-electron chi connectivity index (χ1n) is 5.95. The van der Waals surface area contributed by atoms with E-state index in [1.54, 1.807) is 18.2 Å². The maximum absolute atomic E-state index is 11.9. The van der Waals surface area contributed by atoms with Gasteiger partial charge in [-0.1, -0.05) is 18.2 Å². The fraction of sp³-hybridized carbons (Fsp3) is 0.0714. The molecule has 0 amide bonds. The summed E-state index contributed by atoms with van der Waals surface area (Å²) in [5.74, 6) is 0.781. The Labute approximate surface area is 121 Å². The van der Waals surface area contributed by atoms with Gasteiger partial charge in [0.15, 0.2) is 0 Å². The summed E-state index contributed by atoms with van der Waals surface area (Å²) in [7, 11) is -3.11. The molecule has 2 aromatic rings. The summed E-state index contributed by atoms with van der Waals surface area (Å²) in [5, 5.41) is 0. The van der Waals surface area contributed by atoms with Gasteiger partial charge in [-0.05, 0) is 36.4 Å². The number of carbonyl (C=O) groups excluding carboxylic acids is 1. The number of carbonyl (C=O) groups is 1. The van der Waals surface area contributed by atoms with Crippen LogP contribution in [0.25, 0.3) is 0 Å². The van der Waals surface area contributed by atoms with E-state index in [2.05, 4.69) is 0 Å². The van der Waals surface area contributed by atoms with E-state index in [1.165, 1.54) is 43.5 Å². The van der Waals surface area contributed by atoms with E-state index < -0.39 is 13.3 Å². The summed E-state index contributed by atoms with van der Waals surface area (Å²) in [6.07, 6.45) is 0. The molecule has 110 valence electrons. The molecule has 1 unspecified atom stereocenters. The van der Waals surface area contributed by atoms with E-state index in [1.807, 2.05) is 0 Å². The number of benzene rings is 2. The lowest BCUT2D eigenvalue weighted by atomic mass is 10.3. The molecule has 7 heteroatoms. The van der Waals surface area contributed by atoms with Crippen molar-refractivity contribution in [2.24, 2.45) is 0 Å². The van der Waals surface area contributed by atoms with Crippen molar-refractivity contribution in [3.05, 3.63) is 54.6 Å². The summed E-state index contributed by atoms with van der Waals surface area (Å²) in [5.41, 5.74) is -1.34. The highest BCUT2D eigenvalue weighted by molar-refractivity contribution is 7.70. The zero-order valence-corrected chi connectivity index (χ0v) is 12.0. The second kappa shape index (κ2) is 6.43. The van der Waals surface area contributed by atoms with Crippen molar-refractivity contribution < 1.29 is 28.3 Å². The highest BCUT2D eigenvalue weighted by Crippen LogP contribution is 2.44. The van der Waals surface area contributed by atoms with Gasteiger partial charge in [-0.3, -0.25) is 0 Å². The topological polar surface area (TPSA) is 82.1 Å². The van der Waals surface area contributed by atoms with Crippen LogP contribution in [0, 0.1) is 0 Å². The number of rotatable bonds is 5. The molecule has 0 aliphatic carbocycles. The van der Waals surface area contributed by atoms with Crippen molar-refractivity contribution in [1.29, 1.82) is 0 Å². The van der Waals surface area contributed by atoms with Gasteiger partial charge in [0.05, 0.1) is 7.11 Å². The van der Waals surface area contributed by atoms with Crippen LogP contribution in [0.5, 0.6) is 17.2 Å². The monoisotopic (exact) mass is 308 g/mol. The molecule has 21 heavy (non-hydrogen) atoms. The molecule has 1 N–H and O–H groups in total. The second-order valence-electron chi connectivity index (χ2n) is 3.97. The van der Waals surface area contributed by atoms with Crippen LogP contribution in [-0.4, -0.2) is 17.7 Å². The molecule has 1 atom stereocenters. The van der Waals surface area contributed by atoms with E-state index in [0.717, 1.165) is 0 Å². The molecule has 0 aliphatic rings. The van der Waals surface area contributed by atoms with Crippen LogP contribution in [0.1, 0.15) is 0 Å². The van der Waals surface area contributed by atoms with Crippen LogP contribution in [0.2, 0.25) is 0 Å². The fourth-order valence-electron chi connectivity index (χ4n) is 1.46. The fourth-order valence-corrected chi connectivity index (χ4v) is 2.17. The first-order valence-corrected chi connectivity index (χ1v) is 7.53. The lowest BCUT2D eigenvalue weighted by Gasteiger charge is -2.12. The number of methoxy groups -OCH3 is 1. The molecule has 0 aliphatic heterocycles. The molecule has 0 saturated carbocycles. The molecule has 0 spiro atoms. The van der Waals surface area contributed by atoms with E-state index in [4.69, 9.17) is 14.0 Å². The van der Waals surface area contributed by atoms with Gasteiger partial charge in [-0.2, -0.15) is 0 Å². The Hall–Kier alpha value is -2.30. The Balaban J connectivity index is 2.06. The molecule has 0 heterocycles. The van der Waals surface area contributed by atoms with Gasteiger partial charge < -0.3 is 18.9 Å². The van der Waals surface area contributed by atoms with Crippen molar-refractivity contribution in [1.82, 2.24) is 0 Å². The van der Waals surface area contributed by atoms with Crippen LogP contribution in [0.4, 0.5) is 4.79 Å². The number of ether oxygens (including phenoxy) is 2. The van der Waals surface area contributed by atoms with Gasteiger partial charge in [0, 0.05) is 0 Å². The third kappa shape index (κ3) is 4.08. The molecule has 6 nitrogen and oxygen atoms in total. The van der Waals surface area contributed by atoms with Gasteiger partial charge in [0.2, 0.25) is 0 Å². The van der Waals surface area contributed by atoms with Crippen LogP contribution in [0.3, 0.4) is 0 Å². The molecule has 2 rings (SSSR count). The molecular formula is C14H13O6P. The van der Waals surface area contributed by atoms with E-state index >= 15 is 0 Å². The van der Waals surface area contributed by atoms with E-state index in [-0.39, 0.29) is 11.5 Å². The third-order valence-electron chi connectivity index (χ3n) is 2.47. The lowest BCUT2D eigenvalue weighted by molar-refractivity contribution is 0.214. The van der Waals surface area contributed by atoms with Gasteiger partial charge in [-0.25, -0.2) is 9.36 Å². The van der Waals surface area contributed by atoms with Gasteiger partial charge >= 0.3 is 13.3 Å². The number of hydrogen-bond donors (Lipinski definition) is 1. The third-order valence-corrected chi connectivity index (χ3v) is 3.48. The minimum atomic E-state index is -4.60. The van der Waals surface area contributed by atoms with Crippen molar-refractivity contribution in [3.63, 3.8) is 0 Å². The summed E-state index contributed by atoms with van der Waals surface area (Å²) in [6.45, 7) is 0. The molecular weight excluding hydrogens is 295 g/mol. The summed E-state index contributed by atoms with van der Waals surface area (Å²) < 4.78 is 26.4. The number of para-hydroxylation sites is 1. The predicted molar refractivity (Wildman–Crippen MR) is 75.9 cm³/mol. The SMILES string of the molecule is COc1ccc(OP(=O)(O)C(=O)Oc2ccccc2)cc1. The largest absolute Gasteiger partial charge is 0.497 e. The quantitative estimate of drug-likeness (QED) is 0.852. The molecule has 0 saturated heterocycles. The predicted octanol–water partition coefficient (Wildman–Crippen LogP) is 3.46. The molecule has 0 aromatic heterocycles. The van der Waals surface area contributed by atoms with E-state index in [9.17, 15) is 14.3 Å². The van der Waals surface area contributed by atoms with Crippen molar-refractivity contribution in [2.45, 2.75) is 0 Å². The summed E-state index contributed by atoms with van der Waals surface area (Å²) >= 11 is 0. The van der Waals surface area contributed by atoms with Gasteiger partial charge in [0.25, 0.3) is 0 Å². The van der Waals surface area contributed by atoms with Crippen LogP contribution in [0.15, 0.2) is 54.6 Å². The minimum absolute atomic E-state index is 0.0617. The average molecular weight is 308 g/mol. The van der Waals surface area contributed by atoms with Gasteiger partial charge in [0.1, 0.15) is 17.2 Å². The summed E-state index contributed by atoms with van der Waals surface area (Å²) in [4.78, 5) is 21.3. The maximum Gasteiger partial charge on any atom is 0.485 e. The standard InChI is InChI=1S/C14H13O6P/c1-18-11-7-9-13(10-8-11)20-21(16,17)14(15)19-12-5-3-2-4-6-12/h2-10H,1H3,(H,16,17). The average Bonchev–Trinajstić information content (AvgIpc) is 2.48. The molecule has 2 aromatic carbocycles. The zero-order chi connectivity index (χ0) is 15.3. The normalized spacial score (nSPS) is 13.0. The highest BCUT2D eigenvalue weighted by Gasteiger charge is 2.35. The van der Waals surface area contributed by atoms with Crippen molar-refractivity contribution in [3.8, 4) is 17.2 Å².